The van der Waals surface area contributed by atoms with Crippen LogP contribution in [0.2, 0.25) is 5.02 Å². The molecule has 0 aliphatic heterocycles. The molecule has 0 amide bonds. The second kappa shape index (κ2) is 4.11. The Labute approximate surface area is 86.0 Å². The quantitative estimate of drug-likeness (QED) is 0.610. The molecule has 0 aliphatic rings. The summed E-state index contributed by atoms with van der Waals surface area (Å²) in [5.74, 6) is 0. The lowest BCUT2D eigenvalue weighted by molar-refractivity contribution is 0.112. The summed E-state index contributed by atoms with van der Waals surface area (Å²) in [7, 11) is 0. The Bertz CT molecular complexity index is 346. The summed E-state index contributed by atoms with van der Waals surface area (Å²) in [6.07, 6.45) is -2.31. The molecule has 0 fully saturated rings. The summed E-state index contributed by atoms with van der Waals surface area (Å²) in [5.41, 5.74) is -0.475. The summed E-state index contributed by atoms with van der Waals surface area (Å²) in [4.78, 5) is 13.8. The van der Waals surface area contributed by atoms with Crippen LogP contribution in [0, 0.1) is 0 Å². The molecule has 0 aromatic carbocycles. The molecule has 0 aliphatic carbocycles. The zero-order chi connectivity index (χ0) is 10.0. The van der Waals surface area contributed by atoms with Crippen molar-refractivity contribution in [2.24, 2.45) is 0 Å². The van der Waals surface area contributed by atoms with E-state index in [1.54, 1.807) is 0 Å². The van der Waals surface area contributed by atoms with Crippen LogP contribution in [0.5, 0.6) is 0 Å². The second-order valence-electron chi connectivity index (χ2n) is 2.16. The fourth-order valence-corrected chi connectivity index (χ4v) is 1.31. The highest BCUT2D eigenvalue weighted by Crippen LogP contribution is 2.27. The first-order chi connectivity index (χ1) is 6.06. The van der Waals surface area contributed by atoms with Gasteiger partial charge in [0.25, 0.3) is 6.43 Å². The Balaban J connectivity index is 3.30. The van der Waals surface area contributed by atoms with Gasteiger partial charge in [0.05, 0.1) is 5.02 Å². The molecule has 2 nitrogen and oxygen atoms in total. The van der Waals surface area contributed by atoms with Crippen LogP contribution < -0.4 is 0 Å². The first kappa shape index (κ1) is 10.5. The van der Waals surface area contributed by atoms with Gasteiger partial charge in [-0.25, -0.2) is 13.8 Å². The van der Waals surface area contributed by atoms with Crippen LogP contribution in [0.1, 0.15) is 22.5 Å². The van der Waals surface area contributed by atoms with Crippen molar-refractivity contribution in [1.29, 1.82) is 0 Å². The Morgan fingerprint density at radius 2 is 2.23 bits per heavy atom. The topological polar surface area (TPSA) is 30.0 Å². The van der Waals surface area contributed by atoms with Crippen LogP contribution in [0.3, 0.4) is 0 Å². The van der Waals surface area contributed by atoms with Gasteiger partial charge < -0.3 is 0 Å². The van der Waals surface area contributed by atoms with E-state index in [4.69, 9.17) is 11.6 Å². The third-order valence-corrected chi connectivity index (χ3v) is 2.52. The van der Waals surface area contributed by atoms with Gasteiger partial charge in [0.2, 0.25) is 0 Å². The molecule has 1 heterocycles. The SMILES string of the molecule is O=Cc1cc(C(F)F)nc(Br)c1Cl. The highest BCUT2D eigenvalue weighted by Gasteiger charge is 2.14. The number of carbonyl (C=O) groups is 1. The molecule has 70 valence electrons. The zero-order valence-corrected chi connectivity index (χ0v) is 8.44. The predicted octanol–water partition coefficient (Wildman–Crippen LogP) is 3.25. The Morgan fingerprint density at radius 1 is 1.62 bits per heavy atom. The number of nitrogens with zero attached hydrogens (tertiary/aromatic N) is 1. The molecule has 0 saturated heterocycles. The number of pyridine rings is 1. The molecule has 13 heavy (non-hydrogen) atoms. The van der Waals surface area contributed by atoms with Crippen molar-refractivity contribution in [2.45, 2.75) is 6.43 Å². The third-order valence-electron chi connectivity index (χ3n) is 1.32. The molecule has 1 aromatic rings. The van der Waals surface area contributed by atoms with Crippen molar-refractivity contribution in [3.05, 3.63) is 26.9 Å². The van der Waals surface area contributed by atoms with Crippen molar-refractivity contribution >= 4 is 33.8 Å². The van der Waals surface area contributed by atoms with Gasteiger partial charge in [0.15, 0.2) is 6.29 Å². The normalized spacial score (nSPS) is 10.5. The number of aldehydes is 1. The first-order valence-corrected chi connectivity index (χ1v) is 4.32. The van der Waals surface area contributed by atoms with Gasteiger partial charge in [-0.05, 0) is 22.0 Å². The van der Waals surface area contributed by atoms with E-state index in [9.17, 15) is 13.6 Å². The maximum absolute atomic E-state index is 12.2. The fourth-order valence-electron chi connectivity index (χ4n) is 0.734. The molecule has 0 atom stereocenters. The van der Waals surface area contributed by atoms with E-state index in [1.807, 2.05) is 0 Å². The van der Waals surface area contributed by atoms with E-state index >= 15 is 0 Å². The summed E-state index contributed by atoms with van der Waals surface area (Å²) in [6.45, 7) is 0. The van der Waals surface area contributed by atoms with E-state index in [0.717, 1.165) is 6.07 Å². The smallest absolute Gasteiger partial charge is 0.280 e. The minimum absolute atomic E-state index is 0.00107. The van der Waals surface area contributed by atoms with Crippen molar-refractivity contribution < 1.29 is 13.6 Å². The van der Waals surface area contributed by atoms with Crippen molar-refractivity contribution in [1.82, 2.24) is 4.98 Å². The lowest BCUT2D eigenvalue weighted by Crippen LogP contribution is -1.95. The average Bonchev–Trinajstić information content (AvgIpc) is 2.09. The molecule has 0 spiro atoms. The molecular formula is C7H3BrClF2NO. The zero-order valence-electron chi connectivity index (χ0n) is 6.10. The monoisotopic (exact) mass is 269 g/mol. The van der Waals surface area contributed by atoms with Gasteiger partial charge in [-0.3, -0.25) is 4.79 Å². The van der Waals surface area contributed by atoms with Crippen molar-refractivity contribution in [2.75, 3.05) is 0 Å². The predicted molar refractivity (Wildman–Crippen MR) is 47.3 cm³/mol. The van der Waals surface area contributed by atoms with Crippen LogP contribution in [-0.4, -0.2) is 11.3 Å². The maximum atomic E-state index is 12.2. The summed E-state index contributed by atoms with van der Waals surface area (Å²) < 4.78 is 24.4. The minimum Gasteiger partial charge on any atom is -0.298 e. The molecule has 0 saturated carbocycles. The number of aromatic nitrogens is 1. The van der Waals surface area contributed by atoms with E-state index in [1.165, 1.54) is 0 Å². The number of hydrogen-bond acceptors (Lipinski definition) is 2. The van der Waals surface area contributed by atoms with Gasteiger partial charge >= 0.3 is 0 Å². The summed E-state index contributed by atoms with van der Waals surface area (Å²) in [6, 6.07) is 0.963. The summed E-state index contributed by atoms with van der Waals surface area (Å²) in [5, 5.41) is 0.0411. The molecule has 0 unspecified atom stereocenters. The number of hydrogen-bond donors (Lipinski definition) is 0. The van der Waals surface area contributed by atoms with Gasteiger partial charge in [-0.1, -0.05) is 11.6 Å². The standard InChI is InChI=1S/C7H3BrClF2NO/c8-6-5(9)3(2-13)1-4(12-6)7(10)11/h1-2,7H. The summed E-state index contributed by atoms with van der Waals surface area (Å²) >= 11 is 8.46. The Morgan fingerprint density at radius 3 is 2.69 bits per heavy atom. The van der Waals surface area contributed by atoms with E-state index in [0.29, 0.717) is 6.29 Å². The van der Waals surface area contributed by atoms with Gasteiger partial charge in [0, 0.05) is 5.56 Å². The van der Waals surface area contributed by atoms with Gasteiger partial charge in [-0.15, -0.1) is 0 Å². The number of halogens is 4. The van der Waals surface area contributed by atoms with Crippen LogP contribution >= 0.6 is 27.5 Å². The molecule has 1 rings (SSSR count). The number of rotatable bonds is 2. The van der Waals surface area contributed by atoms with Crippen LogP contribution in [-0.2, 0) is 0 Å². The van der Waals surface area contributed by atoms with Crippen LogP contribution in [0.15, 0.2) is 10.7 Å². The van der Waals surface area contributed by atoms with Gasteiger partial charge in [0.1, 0.15) is 10.3 Å². The molecule has 0 radical (unpaired) electrons. The second-order valence-corrected chi connectivity index (χ2v) is 3.29. The minimum atomic E-state index is -2.72. The van der Waals surface area contributed by atoms with Crippen LogP contribution in [0.25, 0.3) is 0 Å². The first-order valence-electron chi connectivity index (χ1n) is 3.15. The fraction of sp³-hybridized carbons (Fsp3) is 0.143. The van der Waals surface area contributed by atoms with Crippen molar-refractivity contribution in [3.8, 4) is 0 Å². The molecule has 0 N–H and O–H groups in total. The van der Waals surface area contributed by atoms with E-state index < -0.39 is 12.1 Å². The van der Waals surface area contributed by atoms with Crippen molar-refractivity contribution in [3.63, 3.8) is 0 Å². The highest BCUT2D eigenvalue weighted by molar-refractivity contribution is 9.10. The Kier molecular flexibility index (Phi) is 3.33. The average molecular weight is 270 g/mol. The third kappa shape index (κ3) is 2.22. The van der Waals surface area contributed by atoms with E-state index in [-0.39, 0.29) is 15.2 Å². The number of carbonyl (C=O) groups excluding carboxylic acids is 1. The van der Waals surface area contributed by atoms with E-state index in [2.05, 4.69) is 20.9 Å². The molecule has 1 aromatic heterocycles. The molecule has 6 heteroatoms. The molecule has 0 bridgehead atoms. The Hall–Kier alpha value is -0.550. The van der Waals surface area contributed by atoms with Gasteiger partial charge in [-0.2, -0.15) is 0 Å². The highest BCUT2D eigenvalue weighted by atomic mass is 79.9. The maximum Gasteiger partial charge on any atom is 0.280 e. The van der Waals surface area contributed by atoms with Crippen LogP contribution in [0.4, 0.5) is 8.78 Å². The largest absolute Gasteiger partial charge is 0.298 e. The lowest BCUT2D eigenvalue weighted by Gasteiger charge is -2.03. The lowest BCUT2D eigenvalue weighted by atomic mass is 10.2. The molecular weight excluding hydrogens is 267 g/mol. The number of alkyl halides is 2.